The molecule has 1 heterocycles. The van der Waals surface area contributed by atoms with Crippen LogP contribution in [0.1, 0.15) is 43.8 Å². The first-order valence-electron chi connectivity index (χ1n) is 6.46. The quantitative estimate of drug-likeness (QED) is 0.887. The van der Waals surface area contributed by atoms with Crippen LogP contribution in [0.3, 0.4) is 0 Å². The van der Waals surface area contributed by atoms with Crippen molar-refractivity contribution in [1.82, 2.24) is 9.78 Å². The molecule has 0 saturated heterocycles. The molecule has 1 fully saturated rings. The molecule has 0 bridgehead atoms. The Morgan fingerprint density at radius 1 is 1.50 bits per heavy atom. The minimum atomic E-state index is -2.83. The maximum atomic E-state index is 12.8. The summed E-state index contributed by atoms with van der Waals surface area (Å²) in [6.07, 6.45) is 0.427. The molecule has 1 aliphatic carbocycles. The minimum Gasteiger partial charge on any atom is -0.407 e. The maximum Gasteiger partial charge on any atom is 0.410 e. The molecule has 6 nitrogen and oxygen atoms in total. The highest BCUT2D eigenvalue weighted by Gasteiger charge is 2.27. The fourth-order valence-electron chi connectivity index (χ4n) is 2.51. The molecule has 1 aromatic heterocycles. The summed E-state index contributed by atoms with van der Waals surface area (Å²) in [4.78, 5) is 10.7. The van der Waals surface area contributed by atoms with Crippen LogP contribution >= 0.6 is 0 Å². The van der Waals surface area contributed by atoms with Crippen molar-refractivity contribution in [3.63, 3.8) is 0 Å². The lowest BCUT2D eigenvalue weighted by Crippen LogP contribution is -2.20. The second-order valence-electron chi connectivity index (χ2n) is 4.94. The highest BCUT2D eigenvalue weighted by molar-refractivity contribution is 5.68. The van der Waals surface area contributed by atoms with E-state index in [1.807, 2.05) is 0 Å². The van der Waals surface area contributed by atoms with E-state index < -0.39 is 18.2 Å². The minimum absolute atomic E-state index is 0.0273. The number of amides is 1. The van der Waals surface area contributed by atoms with E-state index in [1.165, 1.54) is 10.9 Å². The fourth-order valence-corrected chi connectivity index (χ4v) is 2.51. The van der Waals surface area contributed by atoms with Gasteiger partial charge in [-0.05, 0) is 31.6 Å². The molecule has 2 rings (SSSR count). The third-order valence-corrected chi connectivity index (χ3v) is 3.59. The van der Waals surface area contributed by atoms with E-state index in [4.69, 9.17) is 10.8 Å². The molecular formula is C12H17F2N3O3. The molecule has 0 atom stereocenters. The van der Waals surface area contributed by atoms with Crippen LogP contribution in [0.2, 0.25) is 0 Å². The highest BCUT2D eigenvalue weighted by atomic mass is 19.3. The molecule has 8 heteroatoms. The number of ether oxygens (including phenoxy) is 1. The summed E-state index contributed by atoms with van der Waals surface area (Å²) in [5.41, 5.74) is 4.27. The summed E-state index contributed by atoms with van der Waals surface area (Å²) < 4.78 is 31.6. The lowest BCUT2D eigenvalue weighted by Gasteiger charge is -2.27. The summed E-state index contributed by atoms with van der Waals surface area (Å²) in [5.74, 6) is -0.0329. The van der Waals surface area contributed by atoms with Gasteiger partial charge < -0.3 is 15.6 Å². The number of aliphatic hydroxyl groups excluding tert-OH is 1. The van der Waals surface area contributed by atoms with Crippen molar-refractivity contribution in [2.75, 3.05) is 6.61 Å². The molecule has 1 aromatic rings. The smallest absolute Gasteiger partial charge is 0.407 e. The van der Waals surface area contributed by atoms with E-state index >= 15 is 0 Å². The van der Waals surface area contributed by atoms with Crippen LogP contribution in [0.25, 0.3) is 0 Å². The van der Waals surface area contributed by atoms with Gasteiger partial charge in [0.1, 0.15) is 0 Å². The van der Waals surface area contributed by atoms with E-state index in [0.717, 1.165) is 25.7 Å². The van der Waals surface area contributed by atoms with Gasteiger partial charge in [0, 0.05) is 6.61 Å². The molecule has 0 aliphatic heterocycles. The van der Waals surface area contributed by atoms with Crippen LogP contribution in [-0.4, -0.2) is 27.6 Å². The van der Waals surface area contributed by atoms with Crippen LogP contribution in [-0.2, 0) is 0 Å². The van der Waals surface area contributed by atoms with Gasteiger partial charge in [0.05, 0.1) is 12.2 Å². The summed E-state index contributed by atoms with van der Waals surface area (Å²) in [6, 6.07) is -0.0273. The molecular weight excluding hydrogens is 272 g/mol. The molecule has 1 amide bonds. The molecule has 3 N–H and O–H groups in total. The van der Waals surface area contributed by atoms with Gasteiger partial charge in [-0.1, -0.05) is 0 Å². The first-order chi connectivity index (χ1) is 9.51. The predicted molar refractivity (Wildman–Crippen MR) is 65.5 cm³/mol. The second kappa shape index (κ2) is 6.17. The van der Waals surface area contributed by atoms with Crippen molar-refractivity contribution in [1.29, 1.82) is 0 Å². The van der Waals surface area contributed by atoms with Gasteiger partial charge in [-0.2, -0.15) is 5.10 Å². The third kappa shape index (κ3) is 3.24. The predicted octanol–water partition coefficient (Wildman–Crippen LogP) is 2.00. The number of hydrogen-bond donors (Lipinski definition) is 2. The SMILES string of the molecule is NC(=O)Oc1cn(C2CCC(CO)CC2)nc1C(F)F. The first-order valence-corrected chi connectivity index (χ1v) is 6.46. The van der Waals surface area contributed by atoms with Gasteiger partial charge in [-0.15, -0.1) is 0 Å². The molecule has 20 heavy (non-hydrogen) atoms. The Bertz CT molecular complexity index is 471. The average molecular weight is 289 g/mol. The van der Waals surface area contributed by atoms with Gasteiger partial charge in [0.15, 0.2) is 11.4 Å². The van der Waals surface area contributed by atoms with Gasteiger partial charge in [0.25, 0.3) is 6.43 Å². The number of carbonyl (C=O) groups is 1. The Balaban J connectivity index is 2.14. The van der Waals surface area contributed by atoms with Crippen molar-refractivity contribution < 1.29 is 23.4 Å². The lowest BCUT2D eigenvalue weighted by atomic mass is 9.87. The number of nitrogens with two attached hydrogens (primary N) is 1. The normalized spacial score (nSPS) is 23.0. The summed E-state index contributed by atoms with van der Waals surface area (Å²) >= 11 is 0. The molecule has 0 unspecified atom stereocenters. The Kier molecular flexibility index (Phi) is 4.53. The number of primary amides is 1. The first kappa shape index (κ1) is 14.7. The van der Waals surface area contributed by atoms with Crippen LogP contribution in [0.4, 0.5) is 13.6 Å². The topological polar surface area (TPSA) is 90.4 Å². The lowest BCUT2D eigenvalue weighted by molar-refractivity contribution is 0.138. The monoisotopic (exact) mass is 289 g/mol. The van der Waals surface area contributed by atoms with E-state index in [2.05, 4.69) is 9.84 Å². The number of alkyl halides is 2. The van der Waals surface area contributed by atoms with E-state index in [9.17, 15) is 13.6 Å². The summed E-state index contributed by atoms with van der Waals surface area (Å²) in [6.45, 7) is 0.143. The zero-order valence-corrected chi connectivity index (χ0v) is 10.8. The maximum absolute atomic E-state index is 12.8. The van der Waals surface area contributed by atoms with E-state index in [0.29, 0.717) is 0 Å². The zero-order valence-electron chi connectivity index (χ0n) is 10.8. The molecule has 0 radical (unpaired) electrons. The number of halogens is 2. The number of carbonyl (C=O) groups excluding carboxylic acids is 1. The van der Waals surface area contributed by atoms with Crippen molar-refractivity contribution in [3.05, 3.63) is 11.9 Å². The highest BCUT2D eigenvalue weighted by Crippen LogP contribution is 2.35. The van der Waals surface area contributed by atoms with Gasteiger partial charge in [-0.3, -0.25) is 4.68 Å². The van der Waals surface area contributed by atoms with Crippen molar-refractivity contribution in [3.8, 4) is 5.75 Å². The van der Waals surface area contributed by atoms with Gasteiger partial charge in [-0.25, -0.2) is 13.6 Å². The fraction of sp³-hybridized carbons (Fsp3) is 0.667. The standard InChI is InChI=1S/C12H17F2N3O3/c13-11(14)10-9(20-12(15)19)5-17(16-10)8-3-1-7(6-18)2-4-8/h5,7-8,11,18H,1-4,6H2,(H2,15,19). The number of hydrogen-bond acceptors (Lipinski definition) is 4. The Hall–Kier alpha value is -1.70. The number of aromatic nitrogens is 2. The molecule has 1 saturated carbocycles. The largest absolute Gasteiger partial charge is 0.410 e. The van der Waals surface area contributed by atoms with Crippen LogP contribution in [0.15, 0.2) is 6.20 Å². The summed E-state index contributed by atoms with van der Waals surface area (Å²) in [5, 5.41) is 12.9. The van der Waals surface area contributed by atoms with Crippen molar-refractivity contribution >= 4 is 6.09 Å². The molecule has 112 valence electrons. The summed E-state index contributed by atoms with van der Waals surface area (Å²) in [7, 11) is 0. The van der Waals surface area contributed by atoms with Gasteiger partial charge >= 0.3 is 6.09 Å². The average Bonchev–Trinajstić information content (AvgIpc) is 2.82. The van der Waals surface area contributed by atoms with E-state index in [1.54, 1.807) is 0 Å². The number of aliphatic hydroxyl groups is 1. The third-order valence-electron chi connectivity index (χ3n) is 3.59. The molecule has 1 aliphatic rings. The Labute approximate surface area is 114 Å². The van der Waals surface area contributed by atoms with Crippen LogP contribution < -0.4 is 10.5 Å². The van der Waals surface area contributed by atoms with Crippen LogP contribution in [0.5, 0.6) is 5.75 Å². The van der Waals surface area contributed by atoms with Crippen molar-refractivity contribution in [2.24, 2.45) is 11.7 Å². The number of rotatable bonds is 4. The Morgan fingerprint density at radius 2 is 2.15 bits per heavy atom. The van der Waals surface area contributed by atoms with Crippen molar-refractivity contribution in [2.45, 2.75) is 38.2 Å². The van der Waals surface area contributed by atoms with Gasteiger partial charge in [0.2, 0.25) is 0 Å². The Morgan fingerprint density at radius 3 is 2.65 bits per heavy atom. The molecule has 0 spiro atoms. The molecule has 0 aromatic carbocycles. The van der Waals surface area contributed by atoms with E-state index in [-0.39, 0.29) is 24.3 Å². The number of nitrogens with zero attached hydrogens (tertiary/aromatic N) is 2. The van der Waals surface area contributed by atoms with Crippen LogP contribution in [0, 0.1) is 5.92 Å². The zero-order chi connectivity index (χ0) is 14.7. The second-order valence-corrected chi connectivity index (χ2v) is 4.94.